The minimum atomic E-state index is -2.19. The molecule has 4 rings (SSSR count). The van der Waals surface area contributed by atoms with Gasteiger partial charge in [-0.25, -0.2) is 0 Å². The number of aromatic amines is 1. The summed E-state index contributed by atoms with van der Waals surface area (Å²) in [7, 11) is 0. The van der Waals surface area contributed by atoms with Crippen molar-refractivity contribution in [3.63, 3.8) is 0 Å². The van der Waals surface area contributed by atoms with Crippen molar-refractivity contribution in [1.29, 1.82) is 0 Å². The summed E-state index contributed by atoms with van der Waals surface area (Å²) in [5.74, 6) is -0.349. The maximum absolute atomic E-state index is 13.5. The fourth-order valence-corrected chi connectivity index (χ4v) is 5.15. The highest BCUT2D eigenvalue weighted by Gasteiger charge is 2.19. The Morgan fingerprint density at radius 1 is 1.08 bits per heavy atom. The van der Waals surface area contributed by atoms with E-state index in [2.05, 4.69) is 28.7 Å². The van der Waals surface area contributed by atoms with Gasteiger partial charge < -0.3 is 19.4 Å². The van der Waals surface area contributed by atoms with E-state index < -0.39 is 11.1 Å². The number of carbonyl (C=O) groups is 1. The number of pyridine rings is 1. The quantitative estimate of drug-likeness (QED) is 0.352. The van der Waals surface area contributed by atoms with E-state index in [-0.39, 0.29) is 29.8 Å². The minimum Gasteiger partial charge on any atom is -0.772 e. The van der Waals surface area contributed by atoms with Gasteiger partial charge in [0, 0.05) is 52.3 Å². The van der Waals surface area contributed by atoms with Crippen molar-refractivity contribution >= 4 is 27.9 Å². The van der Waals surface area contributed by atoms with Crippen LogP contribution in [0.1, 0.15) is 58.2 Å². The Bertz CT molecular complexity index is 1550. The van der Waals surface area contributed by atoms with Crippen molar-refractivity contribution in [3.8, 4) is 11.1 Å². The largest absolute Gasteiger partial charge is 0.772 e. The van der Waals surface area contributed by atoms with Crippen molar-refractivity contribution in [1.82, 2.24) is 14.9 Å². The highest BCUT2D eigenvalue weighted by molar-refractivity contribution is 7.78. The Morgan fingerprint density at radius 3 is 2.50 bits per heavy atom. The lowest BCUT2D eigenvalue weighted by Gasteiger charge is -2.14. The number of carbonyl (C=O) groups excluding carboxylic acids is 1. The molecule has 36 heavy (non-hydrogen) atoms. The second-order valence-electron chi connectivity index (χ2n) is 9.51. The first kappa shape index (κ1) is 25.6. The topological polar surface area (TPSA) is 107 Å². The Labute approximate surface area is 212 Å². The molecule has 7 nitrogen and oxygen atoms in total. The predicted molar refractivity (Wildman–Crippen MR) is 143 cm³/mol. The zero-order valence-corrected chi connectivity index (χ0v) is 21.9. The molecule has 0 radical (unpaired) electrons. The van der Waals surface area contributed by atoms with Crippen LogP contribution < -0.4 is 10.9 Å². The molecule has 0 bridgehead atoms. The second-order valence-corrected chi connectivity index (χ2v) is 10.4. The van der Waals surface area contributed by atoms with Crippen LogP contribution in [0.3, 0.4) is 0 Å². The fourth-order valence-electron chi connectivity index (χ4n) is 4.70. The molecule has 1 atom stereocenters. The smallest absolute Gasteiger partial charge is 0.253 e. The summed E-state index contributed by atoms with van der Waals surface area (Å²) in [5, 5.41) is 3.80. The molecule has 2 aromatic carbocycles. The normalized spacial score (nSPS) is 12.3. The van der Waals surface area contributed by atoms with Gasteiger partial charge in [-0.1, -0.05) is 35.3 Å². The van der Waals surface area contributed by atoms with Gasteiger partial charge in [-0.2, -0.15) is 0 Å². The van der Waals surface area contributed by atoms with E-state index in [1.165, 1.54) is 0 Å². The van der Waals surface area contributed by atoms with Crippen LogP contribution in [-0.2, 0) is 23.4 Å². The molecule has 0 aliphatic heterocycles. The molecule has 0 saturated carbocycles. The van der Waals surface area contributed by atoms with E-state index in [0.29, 0.717) is 16.7 Å². The summed E-state index contributed by atoms with van der Waals surface area (Å²) in [5.41, 5.74) is 6.65. The summed E-state index contributed by atoms with van der Waals surface area (Å²) in [4.78, 5) is 28.8. The summed E-state index contributed by atoms with van der Waals surface area (Å²) in [6, 6.07) is 13.3. The molecule has 1 amide bonds. The predicted octanol–water partition coefficient (Wildman–Crippen LogP) is 4.81. The first-order valence-electron chi connectivity index (χ1n) is 11.8. The third-order valence-electron chi connectivity index (χ3n) is 6.39. The molecule has 4 aromatic rings. The number of aryl methyl sites for hydroxylation is 3. The van der Waals surface area contributed by atoms with Gasteiger partial charge in [0.2, 0.25) is 0 Å². The fraction of sp³-hybridized carbons (Fsp3) is 0.286. The zero-order chi connectivity index (χ0) is 26.1. The lowest BCUT2D eigenvalue weighted by molar-refractivity contribution is 0.0952. The van der Waals surface area contributed by atoms with E-state index >= 15 is 0 Å². The summed E-state index contributed by atoms with van der Waals surface area (Å²) in [6.07, 6.45) is 2.04. The first-order valence-corrected chi connectivity index (χ1v) is 13.1. The summed E-state index contributed by atoms with van der Waals surface area (Å²) < 4.78 is 24.6. The van der Waals surface area contributed by atoms with E-state index in [1.807, 2.05) is 63.4 Å². The number of fused-ring (bicyclic) bond motifs is 1. The van der Waals surface area contributed by atoms with E-state index in [9.17, 15) is 18.4 Å². The monoisotopic (exact) mass is 504 g/mol. The van der Waals surface area contributed by atoms with Gasteiger partial charge in [-0.05, 0) is 80.6 Å². The third kappa shape index (κ3) is 5.20. The molecule has 0 aliphatic rings. The SMILES string of the molecule is Cc1cc(C)c(CNC(=O)c2cc(-c3cccc(CS(=O)[O-])c3)cc3c2c(C)cn3C(C)C)c(=O)[nH]1. The molecule has 8 heteroatoms. The van der Waals surface area contributed by atoms with Crippen LogP contribution in [0.5, 0.6) is 0 Å². The molecule has 2 N–H and O–H groups in total. The highest BCUT2D eigenvalue weighted by atomic mass is 32.2. The summed E-state index contributed by atoms with van der Waals surface area (Å²) >= 11 is -2.19. The molecule has 0 fully saturated rings. The lowest BCUT2D eigenvalue weighted by atomic mass is 9.97. The molecule has 0 saturated heterocycles. The molecule has 2 heterocycles. The number of hydrogen-bond acceptors (Lipinski definition) is 4. The molecule has 1 unspecified atom stereocenters. The average molecular weight is 505 g/mol. The van der Waals surface area contributed by atoms with Crippen LogP contribution in [0, 0.1) is 20.8 Å². The number of amides is 1. The molecule has 0 aliphatic carbocycles. The number of H-pyrrole nitrogens is 1. The van der Waals surface area contributed by atoms with E-state index in [4.69, 9.17) is 0 Å². The molecule has 188 valence electrons. The van der Waals surface area contributed by atoms with Crippen molar-refractivity contribution < 1.29 is 13.6 Å². The number of benzene rings is 2. The number of nitrogens with zero attached hydrogens (tertiary/aromatic N) is 1. The lowest BCUT2D eigenvalue weighted by Crippen LogP contribution is -2.28. The van der Waals surface area contributed by atoms with Crippen molar-refractivity contribution in [3.05, 3.63) is 92.5 Å². The van der Waals surface area contributed by atoms with Crippen molar-refractivity contribution in [2.45, 2.75) is 53.0 Å². The van der Waals surface area contributed by atoms with Crippen LogP contribution in [-0.4, -0.2) is 24.2 Å². The molecular formula is C28H30N3O4S-. The van der Waals surface area contributed by atoms with Gasteiger partial charge >= 0.3 is 0 Å². The van der Waals surface area contributed by atoms with Crippen LogP contribution >= 0.6 is 0 Å². The second kappa shape index (κ2) is 10.2. The number of aromatic nitrogens is 2. The number of rotatable bonds is 7. The van der Waals surface area contributed by atoms with Gasteiger partial charge in [0.1, 0.15) is 0 Å². The van der Waals surface area contributed by atoms with Gasteiger partial charge in [0.15, 0.2) is 0 Å². The average Bonchev–Trinajstić information content (AvgIpc) is 3.14. The molecular weight excluding hydrogens is 474 g/mol. The Hall–Kier alpha value is -3.49. The van der Waals surface area contributed by atoms with Crippen LogP contribution in [0.2, 0.25) is 0 Å². The molecule has 2 aromatic heterocycles. The minimum absolute atomic E-state index is 0.0741. The van der Waals surface area contributed by atoms with Crippen molar-refractivity contribution in [2.24, 2.45) is 0 Å². The van der Waals surface area contributed by atoms with E-state index in [1.54, 1.807) is 6.07 Å². The standard InChI is InChI=1S/C28H31N3O4S/c1-16(2)31-14-18(4)26-23(27(32)29-13-24-17(3)9-19(5)30-28(24)33)11-22(12-25(26)31)21-8-6-7-20(10-21)15-36(34)35/h6-12,14,16H,13,15H2,1-5H3,(H,29,32)(H,30,33)(H,34,35)/p-1. The Kier molecular flexibility index (Phi) is 7.28. The van der Waals surface area contributed by atoms with Crippen LogP contribution in [0.15, 0.2) is 53.5 Å². The number of hydrogen-bond donors (Lipinski definition) is 2. The van der Waals surface area contributed by atoms with E-state index in [0.717, 1.165) is 38.9 Å². The highest BCUT2D eigenvalue weighted by Crippen LogP contribution is 2.33. The van der Waals surface area contributed by atoms with Crippen LogP contribution in [0.4, 0.5) is 0 Å². The van der Waals surface area contributed by atoms with Gasteiger partial charge in [0.25, 0.3) is 11.5 Å². The van der Waals surface area contributed by atoms with Gasteiger partial charge in [-0.15, -0.1) is 0 Å². The maximum atomic E-state index is 13.5. The first-order chi connectivity index (χ1) is 17.0. The summed E-state index contributed by atoms with van der Waals surface area (Å²) in [6.45, 7) is 9.95. The maximum Gasteiger partial charge on any atom is 0.253 e. The van der Waals surface area contributed by atoms with Gasteiger partial charge in [-0.3, -0.25) is 13.8 Å². The number of nitrogens with one attached hydrogen (secondary N) is 2. The van der Waals surface area contributed by atoms with Crippen LogP contribution in [0.25, 0.3) is 22.0 Å². The third-order valence-corrected chi connectivity index (χ3v) is 6.96. The Morgan fingerprint density at radius 2 is 1.83 bits per heavy atom. The zero-order valence-electron chi connectivity index (χ0n) is 21.1. The van der Waals surface area contributed by atoms with Crippen molar-refractivity contribution in [2.75, 3.05) is 0 Å². The molecule has 0 spiro atoms. The Balaban J connectivity index is 1.81. The van der Waals surface area contributed by atoms with Gasteiger partial charge in [0.05, 0.1) is 0 Å².